The fourth-order valence-electron chi connectivity index (χ4n) is 2.62. The maximum Gasteiger partial charge on any atom is 0.342 e. The van der Waals surface area contributed by atoms with E-state index in [0.717, 1.165) is 0 Å². The van der Waals surface area contributed by atoms with Gasteiger partial charge in [0, 0.05) is 11.8 Å². The molecule has 0 amide bonds. The smallest absolute Gasteiger partial charge is 0.342 e. The highest BCUT2D eigenvalue weighted by Crippen LogP contribution is 2.66. The molecule has 2 saturated carbocycles. The van der Waals surface area contributed by atoms with E-state index in [1.165, 1.54) is 0 Å². The minimum Gasteiger partial charge on any atom is -0.480 e. The summed E-state index contributed by atoms with van der Waals surface area (Å²) in [5, 5.41) is 26.8. The monoisotopic (exact) mass is 219 g/mol. The Balaban J connectivity index is 2.37. The zero-order valence-electron chi connectivity index (χ0n) is 7.55. The Labute approximate surface area is 83.5 Å². The van der Waals surface area contributed by atoms with Crippen LogP contribution in [0.15, 0.2) is 0 Å². The van der Waals surface area contributed by atoms with Crippen molar-refractivity contribution < 1.29 is 29.3 Å². The Bertz CT molecular complexity index is 361. The average Bonchev–Trinajstić information content (AvgIpc) is 2.60. The van der Waals surface area contributed by atoms with Crippen LogP contribution in [0.1, 0.15) is 6.42 Å². The highest BCUT2D eigenvalue weighted by atomic mass is 19.1. The molecule has 7 heteroatoms. The van der Waals surface area contributed by atoms with Crippen molar-refractivity contribution >= 4 is 11.9 Å². The Morgan fingerprint density at radius 2 is 1.87 bits per heavy atom. The van der Waals surface area contributed by atoms with Crippen molar-refractivity contribution in [2.75, 3.05) is 0 Å². The van der Waals surface area contributed by atoms with Crippen LogP contribution in [0.25, 0.3) is 0 Å². The van der Waals surface area contributed by atoms with E-state index in [-0.39, 0.29) is 6.42 Å². The van der Waals surface area contributed by atoms with E-state index < -0.39 is 41.1 Å². The number of aliphatic carboxylic acids is 2. The Morgan fingerprint density at radius 3 is 2.27 bits per heavy atom. The molecule has 0 radical (unpaired) electrons. The number of carboxylic acids is 2. The molecule has 15 heavy (non-hydrogen) atoms. The molecule has 0 aromatic rings. The van der Waals surface area contributed by atoms with Crippen molar-refractivity contribution in [2.24, 2.45) is 17.6 Å². The molecule has 0 spiro atoms. The number of aliphatic hydroxyl groups excluding tert-OH is 1. The Hall–Kier alpha value is -1.21. The molecule has 84 valence electrons. The number of alkyl halides is 1. The topological polar surface area (TPSA) is 121 Å². The summed E-state index contributed by atoms with van der Waals surface area (Å²) in [5.74, 6) is -5.61. The van der Waals surface area contributed by atoms with Crippen molar-refractivity contribution in [1.29, 1.82) is 0 Å². The van der Waals surface area contributed by atoms with Gasteiger partial charge in [0.2, 0.25) is 5.67 Å². The first-order chi connectivity index (χ1) is 6.77. The summed E-state index contributed by atoms with van der Waals surface area (Å²) in [5.41, 5.74) is 0.617. The van der Waals surface area contributed by atoms with E-state index in [1.807, 2.05) is 0 Å². The first-order valence-corrected chi connectivity index (χ1v) is 4.40. The van der Waals surface area contributed by atoms with Gasteiger partial charge in [-0.2, -0.15) is 0 Å². The molecule has 0 aromatic heterocycles. The van der Waals surface area contributed by atoms with Crippen LogP contribution in [-0.4, -0.2) is 44.6 Å². The number of aliphatic hydroxyl groups is 1. The summed E-state index contributed by atoms with van der Waals surface area (Å²) in [6.45, 7) is 0. The van der Waals surface area contributed by atoms with Gasteiger partial charge in [0.1, 0.15) is 5.54 Å². The first kappa shape index (κ1) is 10.3. The SMILES string of the molecule is N[C@@]1(C(=O)O)C(O)CC2C1[C@@]2(F)C(=O)O. The summed E-state index contributed by atoms with van der Waals surface area (Å²) >= 11 is 0. The third kappa shape index (κ3) is 0.895. The fraction of sp³-hybridized carbons (Fsp3) is 0.750. The summed E-state index contributed by atoms with van der Waals surface area (Å²) in [6.07, 6.45) is -1.62. The minimum atomic E-state index is -2.59. The van der Waals surface area contributed by atoms with Crippen LogP contribution in [0.3, 0.4) is 0 Å². The third-order valence-corrected chi connectivity index (χ3v) is 3.53. The van der Waals surface area contributed by atoms with Crippen LogP contribution in [0.2, 0.25) is 0 Å². The van der Waals surface area contributed by atoms with Gasteiger partial charge in [-0.25, -0.2) is 9.18 Å². The van der Waals surface area contributed by atoms with Crippen molar-refractivity contribution in [3.8, 4) is 0 Å². The molecular weight excluding hydrogens is 209 g/mol. The van der Waals surface area contributed by atoms with Crippen molar-refractivity contribution in [1.82, 2.24) is 0 Å². The summed E-state index contributed by atoms with van der Waals surface area (Å²) < 4.78 is 13.7. The van der Waals surface area contributed by atoms with Crippen molar-refractivity contribution in [2.45, 2.75) is 23.7 Å². The fourth-order valence-corrected chi connectivity index (χ4v) is 2.62. The van der Waals surface area contributed by atoms with Gasteiger partial charge < -0.3 is 21.1 Å². The predicted octanol–water partition coefficient (Wildman–Crippen LogP) is -1.43. The lowest BCUT2D eigenvalue weighted by Crippen LogP contribution is -2.59. The van der Waals surface area contributed by atoms with Gasteiger partial charge in [-0.05, 0) is 6.42 Å². The van der Waals surface area contributed by atoms with Crippen LogP contribution in [0, 0.1) is 11.8 Å². The Kier molecular flexibility index (Phi) is 1.70. The first-order valence-electron chi connectivity index (χ1n) is 4.40. The Morgan fingerprint density at radius 1 is 1.33 bits per heavy atom. The summed E-state index contributed by atoms with van der Waals surface area (Å²) in [7, 11) is 0. The van der Waals surface area contributed by atoms with Crippen LogP contribution in [0.5, 0.6) is 0 Å². The lowest BCUT2D eigenvalue weighted by atomic mass is 9.88. The highest BCUT2D eigenvalue weighted by Gasteiger charge is 2.84. The van der Waals surface area contributed by atoms with Crippen LogP contribution < -0.4 is 5.73 Å². The molecule has 2 fully saturated rings. The van der Waals surface area contributed by atoms with Gasteiger partial charge in [0.05, 0.1) is 6.10 Å². The maximum atomic E-state index is 13.7. The molecule has 2 aliphatic rings. The van der Waals surface area contributed by atoms with Gasteiger partial charge >= 0.3 is 11.9 Å². The molecule has 5 N–H and O–H groups in total. The second kappa shape index (κ2) is 2.48. The van der Waals surface area contributed by atoms with Crippen molar-refractivity contribution in [3.63, 3.8) is 0 Å². The number of nitrogens with two attached hydrogens (primary N) is 1. The minimum absolute atomic E-state index is 0.226. The molecular formula is C8H10FNO5. The predicted molar refractivity (Wildman–Crippen MR) is 43.6 cm³/mol. The molecule has 5 atom stereocenters. The normalized spacial score (nSPS) is 52.3. The quantitative estimate of drug-likeness (QED) is 0.452. The number of rotatable bonds is 2. The van der Waals surface area contributed by atoms with Gasteiger partial charge in [0.25, 0.3) is 0 Å². The molecule has 0 heterocycles. The molecule has 0 bridgehead atoms. The third-order valence-electron chi connectivity index (χ3n) is 3.53. The largest absolute Gasteiger partial charge is 0.480 e. The molecule has 2 aliphatic carbocycles. The molecule has 0 saturated heterocycles. The average molecular weight is 219 g/mol. The number of hydrogen-bond acceptors (Lipinski definition) is 4. The van der Waals surface area contributed by atoms with E-state index in [1.54, 1.807) is 0 Å². The second-order valence-electron chi connectivity index (χ2n) is 4.15. The zero-order chi connectivity index (χ0) is 11.6. The summed E-state index contributed by atoms with van der Waals surface area (Å²) in [4.78, 5) is 21.4. The van der Waals surface area contributed by atoms with Crippen LogP contribution in [-0.2, 0) is 9.59 Å². The van der Waals surface area contributed by atoms with Gasteiger partial charge in [-0.3, -0.25) is 4.79 Å². The van der Waals surface area contributed by atoms with Gasteiger partial charge in [-0.1, -0.05) is 0 Å². The number of fused-ring (bicyclic) bond motifs is 1. The lowest BCUT2D eigenvalue weighted by Gasteiger charge is -2.27. The van der Waals surface area contributed by atoms with E-state index in [0.29, 0.717) is 0 Å². The standard InChI is InChI=1S/C8H10FNO5/c9-7(5(12)13)2-1-3(11)8(10,4(2)7)6(14)15/h2-4,11H,1,10H2,(H,12,13)(H,14,15)/t2?,3?,4?,7-,8+/m1/s1. The highest BCUT2D eigenvalue weighted by molar-refractivity contribution is 5.90. The molecule has 6 nitrogen and oxygen atoms in total. The number of carboxylic acid groups (broad SMARTS) is 2. The van der Waals surface area contributed by atoms with Crippen LogP contribution >= 0.6 is 0 Å². The molecule has 2 rings (SSSR count). The van der Waals surface area contributed by atoms with Crippen LogP contribution in [0.4, 0.5) is 4.39 Å². The zero-order valence-corrected chi connectivity index (χ0v) is 7.55. The number of halogens is 1. The second-order valence-corrected chi connectivity index (χ2v) is 4.15. The van der Waals surface area contributed by atoms with E-state index >= 15 is 0 Å². The number of hydrogen-bond donors (Lipinski definition) is 4. The van der Waals surface area contributed by atoms with E-state index in [9.17, 15) is 19.1 Å². The van der Waals surface area contributed by atoms with E-state index in [4.69, 9.17) is 15.9 Å². The van der Waals surface area contributed by atoms with Crippen molar-refractivity contribution in [3.05, 3.63) is 0 Å². The number of carbonyl (C=O) groups is 2. The maximum absolute atomic E-state index is 13.7. The molecule has 0 aromatic carbocycles. The summed E-state index contributed by atoms with van der Waals surface area (Å²) in [6, 6.07) is 0. The van der Waals surface area contributed by atoms with Gasteiger partial charge in [-0.15, -0.1) is 0 Å². The van der Waals surface area contributed by atoms with E-state index in [2.05, 4.69) is 0 Å². The lowest BCUT2D eigenvalue weighted by molar-refractivity contribution is -0.153. The molecule has 3 unspecified atom stereocenters. The molecule has 0 aliphatic heterocycles. The van der Waals surface area contributed by atoms with Gasteiger partial charge in [0.15, 0.2) is 0 Å².